The van der Waals surface area contributed by atoms with Crippen molar-refractivity contribution in [2.45, 2.75) is 30.5 Å². The van der Waals surface area contributed by atoms with E-state index in [1.807, 2.05) is 78.9 Å². The van der Waals surface area contributed by atoms with Crippen LogP contribution < -0.4 is 14.4 Å². The van der Waals surface area contributed by atoms with Crippen LogP contribution >= 0.6 is 11.6 Å². The Hall–Kier alpha value is -4.02. The number of halogens is 1. The maximum atomic E-state index is 11.1. The first kappa shape index (κ1) is 29.5. The van der Waals surface area contributed by atoms with Crippen LogP contribution in [0, 0.1) is 0 Å². The second-order valence-corrected chi connectivity index (χ2v) is 10.2. The number of ether oxygens (including phenoxy) is 4. The fourth-order valence-corrected chi connectivity index (χ4v) is 5.45. The summed E-state index contributed by atoms with van der Waals surface area (Å²) in [5.41, 5.74) is 2.00. The number of aliphatic hydroxyl groups excluding tert-OH is 1. The average Bonchev–Trinajstić information content (AvgIpc) is 3.42. The van der Waals surface area contributed by atoms with Crippen molar-refractivity contribution in [3.8, 4) is 11.5 Å². The Bertz CT molecular complexity index is 1440. The highest BCUT2D eigenvalue weighted by Crippen LogP contribution is 2.43. The molecule has 5 rings (SSSR count). The van der Waals surface area contributed by atoms with E-state index in [4.69, 9.17) is 30.5 Å². The van der Waals surface area contributed by atoms with Crippen molar-refractivity contribution in [3.05, 3.63) is 107 Å². The summed E-state index contributed by atoms with van der Waals surface area (Å²) in [6.45, 7) is 3.68. The summed E-state index contributed by atoms with van der Waals surface area (Å²) in [5, 5.41) is 11.3. The number of hydrogen-bond acceptors (Lipinski definition) is 9. The number of rotatable bonds is 11. The van der Waals surface area contributed by atoms with Gasteiger partial charge in [0.15, 0.2) is 11.0 Å². The van der Waals surface area contributed by atoms with Crippen molar-refractivity contribution in [2.75, 3.05) is 32.8 Å². The van der Waals surface area contributed by atoms with Crippen LogP contribution in [0.5, 0.6) is 11.5 Å². The number of aromatic nitrogens is 2. The van der Waals surface area contributed by atoms with Crippen LogP contribution in [0.25, 0.3) is 0 Å². The van der Waals surface area contributed by atoms with Gasteiger partial charge in [-0.1, -0.05) is 66.2 Å². The Morgan fingerprint density at radius 1 is 0.952 bits per heavy atom. The molecule has 3 aromatic carbocycles. The Balaban J connectivity index is 1.49. The molecule has 0 saturated carbocycles. The molecule has 0 spiro atoms. The zero-order valence-electron chi connectivity index (χ0n) is 23.7. The number of nitrogens with zero attached hydrogens (tertiary/aromatic N) is 4. The van der Waals surface area contributed by atoms with Gasteiger partial charge in [-0.2, -0.15) is 0 Å². The first-order valence-corrected chi connectivity index (χ1v) is 13.8. The minimum absolute atomic E-state index is 0.0928. The third-order valence-electron chi connectivity index (χ3n) is 7.52. The monoisotopic (exact) mass is 588 g/mol. The molecule has 1 aliphatic rings. The van der Waals surface area contributed by atoms with E-state index >= 15 is 0 Å². The second-order valence-electron chi connectivity index (χ2n) is 9.85. The van der Waals surface area contributed by atoms with Gasteiger partial charge in [0.1, 0.15) is 41.4 Å². The minimum Gasteiger partial charge on any atom is -0.497 e. The molecule has 1 aromatic heterocycles. The highest BCUT2D eigenvalue weighted by atomic mass is 35.5. The van der Waals surface area contributed by atoms with Crippen LogP contribution in [-0.2, 0) is 15.1 Å². The van der Waals surface area contributed by atoms with Crippen LogP contribution in [0.1, 0.15) is 23.1 Å². The molecule has 0 radical (unpaired) electrons. The molecule has 0 aliphatic carbocycles. The zero-order valence-corrected chi connectivity index (χ0v) is 24.4. The lowest BCUT2D eigenvalue weighted by Crippen LogP contribution is -2.38. The molecule has 42 heavy (non-hydrogen) atoms. The standard InChI is InChI=1S/C32H33ClN4O5/c1-34-29-30(33)35-20-36-31(29)37(2)28-18-26(38)27(42-28)19-41-32(21-8-6-5-7-9-21,22-10-14-24(39-3)15-11-22)23-12-16-25(40-4)17-13-23/h5-17,20,26-28,38H,1,18-19H2,2-4H3/t26-,27+,28+/m0/s1. The minimum atomic E-state index is -1.03. The molecule has 0 amide bonds. The maximum Gasteiger partial charge on any atom is 0.161 e. The summed E-state index contributed by atoms with van der Waals surface area (Å²) < 4.78 is 24.1. The van der Waals surface area contributed by atoms with Gasteiger partial charge in [0.2, 0.25) is 0 Å². The summed E-state index contributed by atoms with van der Waals surface area (Å²) in [4.78, 5) is 14.1. The summed E-state index contributed by atoms with van der Waals surface area (Å²) in [7, 11) is 5.07. The molecule has 2 heterocycles. The Morgan fingerprint density at radius 2 is 1.52 bits per heavy atom. The second kappa shape index (κ2) is 12.9. The fourth-order valence-electron chi connectivity index (χ4n) is 5.27. The molecule has 0 bridgehead atoms. The van der Waals surface area contributed by atoms with E-state index in [1.54, 1.807) is 26.2 Å². The maximum absolute atomic E-state index is 11.1. The van der Waals surface area contributed by atoms with Gasteiger partial charge < -0.3 is 29.0 Å². The zero-order chi connectivity index (χ0) is 29.7. The van der Waals surface area contributed by atoms with E-state index < -0.39 is 24.0 Å². The van der Waals surface area contributed by atoms with Gasteiger partial charge in [-0.05, 0) is 47.7 Å². The van der Waals surface area contributed by atoms with Gasteiger partial charge in [-0.25, -0.2) is 9.97 Å². The van der Waals surface area contributed by atoms with Gasteiger partial charge in [-0.3, -0.25) is 4.99 Å². The number of anilines is 1. The van der Waals surface area contributed by atoms with Crippen LogP contribution in [0.3, 0.4) is 0 Å². The number of methoxy groups -OCH3 is 2. The summed E-state index contributed by atoms with van der Waals surface area (Å²) in [6.07, 6.45) is -0.253. The highest BCUT2D eigenvalue weighted by molar-refractivity contribution is 6.32. The summed E-state index contributed by atoms with van der Waals surface area (Å²) in [6, 6.07) is 25.5. The first-order chi connectivity index (χ1) is 20.4. The largest absolute Gasteiger partial charge is 0.497 e. The number of aliphatic hydroxyl groups is 1. The van der Waals surface area contributed by atoms with Gasteiger partial charge in [0.05, 0.1) is 26.9 Å². The fraction of sp³-hybridized carbons (Fsp3) is 0.281. The molecule has 3 atom stereocenters. The number of hydrogen-bond donors (Lipinski definition) is 1. The summed E-state index contributed by atoms with van der Waals surface area (Å²) in [5.74, 6) is 1.92. The molecule has 10 heteroatoms. The Morgan fingerprint density at radius 3 is 2.07 bits per heavy atom. The van der Waals surface area contributed by atoms with Gasteiger partial charge in [-0.15, -0.1) is 0 Å². The van der Waals surface area contributed by atoms with Crippen molar-refractivity contribution in [1.82, 2.24) is 9.97 Å². The first-order valence-electron chi connectivity index (χ1n) is 13.4. The van der Waals surface area contributed by atoms with Crippen molar-refractivity contribution >= 4 is 29.8 Å². The molecule has 9 nitrogen and oxygen atoms in total. The van der Waals surface area contributed by atoms with Gasteiger partial charge in [0, 0.05) is 13.5 Å². The van der Waals surface area contributed by atoms with Crippen molar-refractivity contribution in [1.29, 1.82) is 0 Å². The lowest BCUT2D eigenvalue weighted by Gasteiger charge is -2.37. The molecule has 1 fully saturated rings. The highest BCUT2D eigenvalue weighted by Gasteiger charge is 2.42. The van der Waals surface area contributed by atoms with Crippen molar-refractivity contribution in [3.63, 3.8) is 0 Å². The van der Waals surface area contributed by atoms with Crippen molar-refractivity contribution in [2.24, 2.45) is 4.99 Å². The lowest BCUT2D eigenvalue weighted by molar-refractivity contribution is -0.0818. The molecule has 1 saturated heterocycles. The predicted molar refractivity (Wildman–Crippen MR) is 162 cm³/mol. The smallest absolute Gasteiger partial charge is 0.161 e. The third-order valence-corrected chi connectivity index (χ3v) is 7.80. The topological polar surface area (TPSA) is 98.5 Å². The molecular formula is C32H33ClN4O5. The molecule has 1 N–H and O–H groups in total. The van der Waals surface area contributed by atoms with E-state index in [0.717, 1.165) is 28.2 Å². The Labute approximate surface area is 250 Å². The Kier molecular flexibility index (Phi) is 9.03. The van der Waals surface area contributed by atoms with Crippen LogP contribution in [0.15, 0.2) is 90.2 Å². The lowest BCUT2D eigenvalue weighted by atomic mass is 9.80. The van der Waals surface area contributed by atoms with Gasteiger partial charge in [0.25, 0.3) is 0 Å². The molecule has 0 unspecified atom stereocenters. The van der Waals surface area contributed by atoms with Crippen LogP contribution in [0.4, 0.5) is 11.5 Å². The van der Waals surface area contributed by atoms with E-state index in [9.17, 15) is 5.11 Å². The van der Waals surface area contributed by atoms with Crippen LogP contribution in [0.2, 0.25) is 5.15 Å². The number of benzene rings is 3. The van der Waals surface area contributed by atoms with E-state index in [2.05, 4.69) is 21.7 Å². The molecule has 218 valence electrons. The normalized spacial score (nSPS) is 18.5. The molecular weight excluding hydrogens is 556 g/mol. The third kappa shape index (κ3) is 5.69. The molecule has 4 aromatic rings. The average molecular weight is 589 g/mol. The quantitative estimate of drug-likeness (QED) is 0.141. The van der Waals surface area contributed by atoms with E-state index in [-0.39, 0.29) is 11.8 Å². The van der Waals surface area contributed by atoms with Gasteiger partial charge >= 0.3 is 0 Å². The van der Waals surface area contributed by atoms with Crippen LogP contribution in [-0.4, -0.2) is 68.1 Å². The van der Waals surface area contributed by atoms with E-state index in [1.165, 1.54) is 6.33 Å². The van der Waals surface area contributed by atoms with E-state index in [0.29, 0.717) is 17.9 Å². The summed E-state index contributed by atoms with van der Waals surface area (Å²) >= 11 is 6.21. The number of aliphatic imine (C=N–C) groups is 1. The van der Waals surface area contributed by atoms with Crippen molar-refractivity contribution < 1.29 is 24.1 Å². The SMILES string of the molecule is C=Nc1c(Cl)ncnc1N(C)[C@H]1C[C@H](O)[C@@H](COC(c2ccccc2)(c2ccc(OC)cc2)c2ccc(OC)cc2)O1. The predicted octanol–water partition coefficient (Wildman–Crippen LogP) is 5.40. The molecule has 1 aliphatic heterocycles.